The van der Waals surface area contributed by atoms with Gasteiger partial charge in [-0.05, 0) is 94.5 Å². The van der Waals surface area contributed by atoms with Crippen LogP contribution >= 0.6 is 0 Å². The van der Waals surface area contributed by atoms with Gasteiger partial charge in [0.2, 0.25) is 0 Å². The zero-order valence-corrected chi connectivity index (χ0v) is 39.6. The Morgan fingerprint density at radius 2 is 1.48 bits per heavy atom. The Labute approximate surface area is 346 Å². The molecule has 320 valence electrons. The predicted molar refractivity (Wildman–Crippen MR) is 250 cm³/mol. The molecule has 1 fully saturated rings. The van der Waals surface area contributed by atoms with Crippen molar-refractivity contribution in [3.05, 3.63) is 70.0 Å². The Bertz CT molecular complexity index is 1460. The Morgan fingerprint density at radius 1 is 0.929 bits per heavy atom. The van der Waals surface area contributed by atoms with Crippen molar-refractivity contribution >= 4 is 28.4 Å². The lowest BCUT2D eigenvalue weighted by Gasteiger charge is -2.18. The van der Waals surface area contributed by atoms with Crippen LogP contribution in [-0.4, -0.2) is 55.3 Å². The fourth-order valence-corrected chi connectivity index (χ4v) is 5.95. The third-order valence-corrected chi connectivity index (χ3v) is 9.95. The maximum atomic E-state index is 11.6. The number of nitrogens with zero attached hydrogens (tertiary/aromatic N) is 3. The van der Waals surface area contributed by atoms with Crippen LogP contribution in [0, 0.1) is 26.7 Å². The van der Waals surface area contributed by atoms with Crippen LogP contribution < -0.4 is 16.0 Å². The highest BCUT2D eigenvalue weighted by molar-refractivity contribution is 6.20. The van der Waals surface area contributed by atoms with Crippen molar-refractivity contribution in [2.45, 2.75) is 174 Å². The molecule has 0 spiro atoms. The molecule has 56 heavy (non-hydrogen) atoms. The summed E-state index contributed by atoms with van der Waals surface area (Å²) in [5, 5.41) is 3.44. The maximum absolute atomic E-state index is 11.6. The second-order valence-electron chi connectivity index (χ2n) is 14.6. The molecule has 7 heteroatoms. The topological polar surface area (TPSA) is 83.5 Å². The number of nitrogens with one attached hydrogen (secondary N) is 1. The highest BCUT2D eigenvalue weighted by Crippen LogP contribution is 2.37. The lowest BCUT2D eigenvalue weighted by Crippen LogP contribution is -2.25. The molecule has 1 saturated carbocycles. The largest absolute Gasteiger partial charge is 0.500 e. The molecule has 0 amide bonds. The first kappa shape index (κ1) is 54.6. The van der Waals surface area contributed by atoms with Crippen molar-refractivity contribution in [3.8, 4) is 0 Å². The van der Waals surface area contributed by atoms with E-state index < -0.39 is 0 Å². The van der Waals surface area contributed by atoms with Crippen molar-refractivity contribution in [1.82, 2.24) is 4.98 Å². The fraction of sp³-hybridized carbons (Fsp3) is 0.653. The average Bonchev–Trinajstić information content (AvgIpc) is 3.89. The number of anilines is 2. The monoisotopic (exact) mass is 779 g/mol. The Kier molecular flexibility index (Phi) is 31.8. The molecule has 0 bridgehead atoms. The van der Waals surface area contributed by atoms with Gasteiger partial charge in [-0.25, -0.2) is 4.58 Å². The van der Waals surface area contributed by atoms with Crippen molar-refractivity contribution < 1.29 is 14.1 Å². The molecule has 3 aliphatic rings. The van der Waals surface area contributed by atoms with Crippen LogP contribution in [0.25, 0.3) is 5.57 Å². The van der Waals surface area contributed by atoms with Crippen LogP contribution in [0.4, 0.5) is 11.4 Å². The first-order valence-corrected chi connectivity index (χ1v) is 22.1. The molecule has 1 atom stereocenters. The Hall–Kier alpha value is -3.45. The zero-order valence-electron chi connectivity index (χ0n) is 39.6. The van der Waals surface area contributed by atoms with E-state index in [2.05, 4.69) is 107 Å². The number of ether oxygens (including phenoxy) is 1. The minimum Gasteiger partial charge on any atom is -0.500 e. The van der Waals surface area contributed by atoms with Gasteiger partial charge < -0.3 is 20.7 Å². The van der Waals surface area contributed by atoms with E-state index in [1.165, 1.54) is 92.5 Å². The molecule has 1 unspecified atom stereocenters. The number of carbonyl (C=O) groups is 1. The smallest absolute Gasteiger partial charge is 0.185 e. The van der Waals surface area contributed by atoms with Crippen LogP contribution in [-0.2, 0) is 4.74 Å². The SMILES string of the molecule is C1CCCC1.CC.CC.CC/C=C1/Nc2cc(C)c(C)cc2N1C.CCCC.CCCCC(C)CN.COC1=C(c2cc(C(C)=O)cc(C)n2)C(C)=[N+](C)CC1. The number of ketones is 1. The van der Waals surface area contributed by atoms with Crippen LogP contribution in [0.1, 0.15) is 186 Å². The summed E-state index contributed by atoms with van der Waals surface area (Å²) in [4.78, 5) is 18.4. The normalized spacial score (nSPS) is 15.0. The first-order chi connectivity index (χ1) is 26.8. The molecule has 0 radical (unpaired) electrons. The molecular weight excluding hydrogens is 691 g/mol. The van der Waals surface area contributed by atoms with Gasteiger partial charge in [0.15, 0.2) is 11.5 Å². The summed E-state index contributed by atoms with van der Waals surface area (Å²) in [6.45, 7) is 30.6. The molecule has 7 nitrogen and oxygen atoms in total. The Balaban J connectivity index is 0. The number of aromatic nitrogens is 1. The standard InChI is InChI=1S/C16H21N2O2.C13H18N2.C7H17N.C5H10.C4H10.2C2H6/c1-10-8-13(12(3)19)9-14(17-10)16-11(2)18(4)7-6-15(16)20-5;1-5-6-13-14-11-7-9(2)10(3)8-12(11)15(13)4;1-3-4-5-7(2)6-8;1-2-4-5-3-1;1-3-4-2;2*1-2/h8-9H,6-7H2,1-5H3;6-8,14H,5H2,1-4H3;7H,3-6,8H2,1-2H3;1-5H2;3-4H2,1-2H3;2*1-2H3/q+1;;;;;;/b;13-6-;;;;;. The summed E-state index contributed by atoms with van der Waals surface area (Å²) < 4.78 is 7.71. The third-order valence-electron chi connectivity index (χ3n) is 9.95. The number of pyridine rings is 1. The van der Waals surface area contributed by atoms with Gasteiger partial charge in [-0.1, -0.05) is 120 Å². The number of hydrogen-bond acceptors (Lipinski definition) is 6. The van der Waals surface area contributed by atoms with Crippen molar-refractivity contribution in [1.29, 1.82) is 0 Å². The second-order valence-corrected chi connectivity index (χ2v) is 14.6. The number of unbranched alkanes of at least 4 members (excludes halogenated alkanes) is 2. The number of benzene rings is 1. The highest BCUT2D eigenvalue weighted by Gasteiger charge is 2.26. The molecule has 5 rings (SSSR count). The summed E-state index contributed by atoms with van der Waals surface area (Å²) in [7, 11) is 5.86. The van der Waals surface area contributed by atoms with E-state index in [9.17, 15) is 4.79 Å². The summed E-state index contributed by atoms with van der Waals surface area (Å²) >= 11 is 0. The molecule has 3 N–H and O–H groups in total. The first-order valence-electron chi connectivity index (χ1n) is 22.1. The number of hydrogen-bond donors (Lipinski definition) is 2. The number of aryl methyl sites for hydroxylation is 3. The van der Waals surface area contributed by atoms with Crippen LogP contribution in [0.2, 0.25) is 0 Å². The summed E-state index contributed by atoms with van der Waals surface area (Å²) in [5.74, 6) is 2.92. The molecule has 1 aromatic carbocycles. The minimum absolute atomic E-state index is 0.0538. The fourth-order valence-electron chi connectivity index (χ4n) is 5.95. The number of fused-ring (bicyclic) bond motifs is 1. The molecule has 0 saturated heterocycles. The maximum Gasteiger partial charge on any atom is 0.185 e. The highest BCUT2D eigenvalue weighted by atomic mass is 16.5. The second kappa shape index (κ2) is 32.6. The molecule has 2 aliphatic heterocycles. The van der Waals surface area contributed by atoms with Crippen molar-refractivity contribution in [2.24, 2.45) is 11.7 Å². The van der Waals surface area contributed by atoms with E-state index in [0.717, 1.165) is 60.3 Å². The summed E-state index contributed by atoms with van der Waals surface area (Å²) in [6, 6.07) is 8.14. The lowest BCUT2D eigenvalue weighted by atomic mass is 9.98. The summed E-state index contributed by atoms with van der Waals surface area (Å²) in [5.41, 5.74) is 15.1. The molecule has 1 aromatic heterocycles. The van der Waals surface area contributed by atoms with Crippen LogP contribution in [0.3, 0.4) is 0 Å². The predicted octanol–water partition coefficient (Wildman–Crippen LogP) is 13.5. The minimum atomic E-state index is 0.0538. The molecular formula is C49H88N5O2+. The van der Waals surface area contributed by atoms with Gasteiger partial charge in [0, 0.05) is 25.2 Å². The van der Waals surface area contributed by atoms with Gasteiger partial charge in [0.1, 0.15) is 30.7 Å². The van der Waals surface area contributed by atoms with E-state index in [1.54, 1.807) is 14.0 Å². The van der Waals surface area contributed by atoms with E-state index in [0.29, 0.717) is 5.56 Å². The number of allylic oxidation sites excluding steroid dienone is 2. The molecule has 2 aromatic rings. The van der Waals surface area contributed by atoms with E-state index in [-0.39, 0.29) is 5.78 Å². The lowest BCUT2D eigenvalue weighted by molar-refractivity contribution is -0.497. The Morgan fingerprint density at radius 3 is 1.95 bits per heavy atom. The van der Waals surface area contributed by atoms with Crippen molar-refractivity contribution in [3.63, 3.8) is 0 Å². The van der Waals surface area contributed by atoms with E-state index in [4.69, 9.17) is 10.5 Å². The van der Waals surface area contributed by atoms with E-state index in [1.807, 2.05) is 46.8 Å². The van der Waals surface area contributed by atoms with Crippen LogP contribution in [0.5, 0.6) is 0 Å². The number of rotatable bonds is 9. The van der Waals surface area contributed by atoms with Gasteiger partial charge in [-0.2, -0.15) is 0 Å². The number of carbonyl (C=O) groups excluding carboxylic acids is 1. The zero-order chi connectivity index (χ0) is 43.2. The van der Waals surface area contributed by atoms with E-state index >= 15 is 0 Å². The van der Waals surface area contributed by atoms with Crippen molar-refractivity contribution in [2.75, 3.05) is 44.5 Å². The molecule has 1 aliphatic carbocycles. The van der Waals surface area contributed by atoms with Crippen LogP contribution in [0.15, 0.2) is 41.9 Å². The van der Waals surface area contributed by atoms with Gasteiger partial charge in [-0.15, -0.1) is 0 Å². The third kappa shape index (κ3) is 20.1. The number of methoxy groups -OCH3 is 1. The number of Topliss-reactive ketones (excluding diaryl/α,β-unsaturated/α-hetero) is 1. The van der Waals surface area contributed by atoms with Gasteiger partial charge >= 0.3 is 0 Å². The van der Waals surface area contributed by atoms with Gasteiger partial charge in [-0.3, -0.25) is 9.78 Å². The quantitative estimate of drug-likeness (QED) is 0.195. The average molecular weight is 779 g/mol. The summed E-state index contributed by atoms with van der Waals surface area (Å²) in [6.07, 6.45) is 18.2. The molecule has 3 heterocycles. The number of nitrogens with two attached hydrogens (primary N) is 1. The van der Waals surface area contributed by atoms with Gasteiger partial charge in [0.25, 0.3) is 0 Å². The van der Waals surface area contributed by atoms with Gasteiger partial charge in [0.05, 0.1) is 30.6 Å².